The number of hydrogen-bond acceptors (Lipinski definition) is 6. The highest BCUT2D eigenvalue weighted by Crippen LogP contribution is 2.27. The van der Waals surface area contributed by atoms with Crippen molar-refractivity contribution in [2.24, 2.45) is 5.92 Å². The largest absolute Gasteiger partial charge is 0.495 e. The fraction of sp³-hybridized carbons (Fsp3) is 0.500. The highest BCUT2D eigenvalue weighted by molar-refractivity contribution is 5.65. The van der Waals surface area contributed by atoms with E-state index >= 15 is 0 Å². The number of rotatable bonds is 7. The Kier molecular flexibility index (Phi) is 5.10. The van der Waals surface area contributed by atoms with E-state index in [-0.39, 0.29) is 0 Å². The van der Waals surface area contributed by atoms with E-state index < -0.39 is 0 Å². The monoisotopic (exact) mass is 291 g/mol. The third-order valence-electron chi connectivity index (χ3n) is 2.92. The lowest BCUT2D eigenvalue weighted by atomic mass is 10.2. The van der Waals surface area contributed by atoms with Crippen molar-refractivity contribution >= 4 is 5.69 Å². The zero-order chi connectivity index (χ0) is 15.2. The smallest absolute Gasteiger partial charge is 0.182 e. The maximum Gasteiger partial charge on any atom is 0.182 e. The van der Waals surface area contributed by atoms with Gasteiger partial charge in [-0.3, -0.25) is 0 Å². The average Bonchev–Trinajstić information content (AvgIpc) is 2.92. The van der Waals surface area contributed by atoms with Gasteiger partial charge in [-0.05, 0) is 34.5 Å². The van der Waals surface area contributed by atoms with Crippen molar-refractivity contribution < 1.29 is 9.47 Å². The lowest BCUT2D eigenvalue weighted by Gasteiger charge is -2.09. The van der Waals surface area contributed by atoms with Gasteiger partial charge >= 0.3 is 0 Å². The Balaban J connectivity index is 2.09. The molecule has 0 aliphatic rings. The maximum absolute atomic E-state index is 5.81. The standard InChI is InChI=1S/C14H21N5O2/c1-10(2)9-21-7-6-19-14(16-17-18-19)11-4-5-12(15)13(8-11)20-3/h4-5,8,10H,6-7,9,15H2,1-3H3. The van der Waals surface area contributed by atoms with Crippen molar-refractivity contribution in [2.75, 3.05) is 26.1 Å². The lowest BCUT2D eigenvalue weighted by molar-refractivity contribution is 0.101. The summed E-state index contributed by atoms with van der Waals surface area (Å²) in [6.07, 6.45) is 0. The van der Waals surface area contributed by atoms with Crippen LogP contribution >= 0.6 is 0 Å². The van der Waals surface area contributed by atoms with Crippen LogP contribution in [-0.2, 0) is 11.3 Å². The number of tetrazole rings is 1. The van der Waals surface area contributed by atoms with E-state index in [0.717, 1.165) is 12.2 Å². The van der Waals surface area contributed by atoms with Gasteiger partial charge in [-0.15, -0.1) is 5.10 Å². The molecular formula is C14H21N5O2. The number of nitrogen functional groups attached to an aromatic ring is 1. The van der Waals surface area contributed by atoms with E-state index in [1.165, 1.54) is 0 Å². The zero-order valence-electron chi connectivity index (χ0n) is 12.6. The van der Waals surface area contributed by atoms with Crippen LogP contribution < -0.4 is 10.5 Å². The minimum absolute atomic E-state index is 0.514. The third-order valence-corrected chi connectivity index (χ3v) is 2.92. The summed E-state index contributed by atoms with van der Waals surface area (Å²) in [7, 11) is 1.58. The van der Waals surface area contributed by atoms with Crippen LogP contribution in [0.4, 0.5) is 5.69 Å². The van der Waals surface area contributed by atoms with E-state index in [4.69, 9.17) is 15.2 Å². The molecule has 2 N–H and O–H groups in total. The molecule has 0 saturated carbocycles. The maximum atomic E-state index is 5.81. The van der Waals surface area contributed by atoms with Gasteiger partial charge in [-0.25, -0.2) is 4.68 Å². The Morgan fingerprint density at radius 2 is 2.14 bits per heavy atom. The number of methoxy groups -OCH3 is 1. The number of ether oxygens (including phenoxy) is 2. The Bertz CT molecular complexity index is 582. The van der Waals surface area contributed by atoms with Gasteiger partial charge in [-0.2, -0.15) is 0 Å². The Labute approximate surface area is 124 Å². The quantitative estimate of drug-likeness (QED) is 0.616. The molecule has 114 valence electrons. The van der Waals surface area contributed by atoms with Crippen molar-refractivity contribution in [1.29, 1.82) is 0 Å². The van der Waals surface area contributed by atoms with E-state index in [0.29, 0.717) is 36.3 Å². The van der Waals surface area contributed by atoms with Crippen LogP contribution in [-0.4, -0.2) is 40.5 Å². The predicted octanol–water partition coefficient (Wildman–Crippen LogP) is 1.60. The normalized spacial score (nSPS) is 11.0. The summed E-state index contributed by atoms with van der Waals surface area (Å²) in [5.41, 5.74) is 7.25. The molecule has 0 bridgehead atoms. The highest BCUT2D eigenvalue weighted by Gasteiger charge is 2.11. The second kappa shape index (κ2) is 7.03. The molecule has 0 aliphatic heterocycles. The molecule has 7 nitrogen and oxygen atoms in total. The molecule has 1 heterocycles. The van der Waals surface area contributed by atoms with Gasteiger partial charge in [0.2, 0.25) is 0 Å². The van der Waals surface area contributed by atoms with Gasteiger partial charge in [0, 0.05) is 12.2 Å². The summed E-state index contributed by atoms with van der Waals surface area (Å²) < 4.78 is 12.5. The summed E-state index contributed by atoms with van der Waals surface area (Å²) in [5, 5.41) is 11.8. The van der Waals surface area contributed by atoms with Crippen LogP contribution in [0.3, 0.4) is 0 Å². The first-order valence-corrected chi connectivity index (χ1v) is 6.89. The number of anilines is 1. The number of nitrogens with zero attached hydrogens (tertiary/aromatic N) is 4. The minimum atomic E-state index is 0.514. The average molecular weight is 291 g/mol. The molecule has 0 saturated heterocycles. The summed E-state index contributed by atoms with van der Waals surface area (Å²) >= 11 is 0. The van der Waals surface area contributed by atoms with E-state index in [9.17, 15) is 0 Å². The molecule has 1 aromatic heterocycles. The molecule has 0 fully saturated rings. The van der Waals surface area contributed by atoms with Crippen molar-refractivity contribution in [3.8, 4) is 17.1 Å². The molecular weight excluding hydrogens is 270 g/mol. The molecule has 2 aromatic rings. The van der Waals surface area contributed by atoms with Crippen LogP contribution in [0.5, 0.6) is 5.75 Å². The fourth-order valence-electron chi connectivity index (χ4n) is 1.88. The first-order valence-electron chi connectivity index (χ1n) is 6.89. The van der Waals surface area contributed by atoms with Crippen LogP contribution in [0.2, 0.25) is 0 Å². The van der Waals surface area contributed by atoms with Crippen LogP contribution in [0, 0.1) is 5.92 Å². The zero-order valence-corrected chi connectivity index (χ0v) is 12.6. The molecule has 0 radical (unpaired) electrons. The highest BCUT2D eigenvalue weighted by atomic mass is 16.5. The summed E-state index contributed by atoms with van der Waals surface area (Å²) in [6, 6.07) is 5.48. The molecule has 0 amide bonds. The molecule has 0 aliphatic carbocycles. The van der Waals surface area contributed by atoms with Gasteiger partial charge in [0.05, 0.1) is 25.9 Å². The van der Waals surface area contributed by atoms with E-state index in [1.54, 1.807) is 17.9 Å². The summed E-state index contributed by atoms with van der Waals surface area (Å²) in [6.45, 7) is 6.13. The number of aromatic nitrogens is 4. The van der Waals surface area contributed by atoms with Gasteiger partial charge < -0.3 is 15.2 Å². The number of nitrogens with two attached hydrogens (primary N) is 1. The van der Waals surface area contributed by atoms with Crippen molar-refractivity contribution in [3.63, 3.8) is 0 Å². The first kappa shape index (κ1) is 15.2. The summed E-state index contributed by atoms with van der Waals surface area (Å²) in [5.74, 6) is 1.79. The van der Waals surface area contributed by atoms with Gasteiger partial charge in [-0.1, -0.05) is 13.8 Å². The van der Waals surface area contributed by atoms with Gasteiger partial charge in [0.1, 0.15) is 5.75 Å². The topological polar surface area (TPSA) is 88.1 Å². The van der Waals surface area contributed by atoms with Crippen LogP contribution in [0.1, 0.15) is 13.8 Å². The molecule has 0 unspecified atom stereocenters. The van der Waals surface area contributed by atoms with Crippen molar-refractivity contribution in [3.05, 3.63) is 18.2 Å². The Hall–Kier alpha value is -2.15. The third kappa shape index (κ3) is 3.91. The number of hydrogen-bond donors (Lipinski definition) is 1. The van der Waals surface area contributed by atoms with Crippen LogP contribution in [0.25, 0.3) is 11.4 Å². The molecule has 0 spiro atoms. The van der Waals surface area contributed by atoms with E-state index in [2.05, 4.69) is 29.4 Å². The fourth-order valence-corrected chi connectivity index (χ4v) is 1.88. The van der Waals surface area contributed by atoms with E-state index in [1.807, 2.05) is 12.1 Å². The van der Waals surface area contributed by atoms with Crippen LogP contribution in [0.15, 0.2) is 18.2 Å². The minimum Gasteiger partial charge on any atom is -0.495 e. The summed E-state index contributed by atoms with van der Waals surface area (Å²) in [4.78, 5) is 0. The second-order valence-electron chi connectivity index (χ2n) is 5.15. The van der Waals surface area contributed by atoms with Gasteiger partial charge in [0.25, 0.3) is 0 Å². The number of benzene rings is 1. The molecule has 2 rings (SSSR count). The molecule has 7 heteroatoms. The van der Waals surface area contributed by atoms with Crippen molar-refractivity contribution in [2.45, 2.75) is 20.4 Å². The van der Waals surface area contributed by atoms with Crippen molar-refractivity contribution in [1.82, 2.24) is 20.2 Å². The lowest BCUT2D eigenvalue weighted by Crippen LogP contribution is -2.11. The molecule has 1 aromatic carbocycles. The van der Waals surface area contributed by atoms with Gasteiger partial charge in [0.15, 0.2) is 5.82 Å². The Morgan fingerprint density at radius 3 is 2.86 bits per heavy atom. The first-order chi connectivity index (χ1) is 10.1. The predicted molar refractivity (Wildman–Crippen MR) is 79.9 cm³/mol. The second-order valence-corrected chi connectivity index (χ2v) is 5.15. The Morgan fingerprint density at radius 1 is 1.33 bits per heavy atom. The SMILES string of the molecule is COc1cc(-c2nnnn2CCOCC(C)C)ccc1N. The molecule has 0 atom stereocenters. The molecule has 21 heavy (non-hydrogen) atoms.